The first-order valence-electron chi connectivity index (χ1n) is 5.89. The average molecular weight is 268 g/mol. The van der Waals surface area contributed by atoms with Crippen LogP contribution in [-0.4, -0.2) is 16.0 Å². The quantitative estimate of drug-likeness (QED) is 0.844. The topological polar surface area (TPSA) is 37.8 Å². The minimum absolute atomic E-state index is 0.315. The summed E-state index contributed by atoms with van der Waals surface area (Å²) in [5.74, 6) is 0.637. The van der Waals surface area contributed by atoms with Crippen molar-refractivity contribution in [2.24, 2.45) is 0 Å². The van der Waals surface area contributed by atoms with E-state index >= 15 is 0 Å². The van der Waals surface area contributed by atoms with Gasteiger partial charge in [-0.25, -0.2) is 9.97 Å². The van der Waals surface area contributed by atoms with Gasteiger partial charge in [-0.1, -0.05) is 11.6 Å². The fraction of sp³-hybridized carbons (Fsp3) is 0.500. The number of aromatic nitrogens is 2. The van der Waals surface area contributed by atoms with Crippen molar-refractivity contribution in [2.75, 3.05) is 5.32 Å². The monoisotopic (exact) mass is 267 g/mol. The minimum atomic E-state index is 0.315. The predicted octanol–water partition coefficient (Wildman–Crippen LogP) is 3.65. The van der Waals surface area contributed by atoms with E-state index in [4.69, 9.17) is 11.6 Å². The van der Waals surface area contributed by atoms with E-state index < -0.39 is 0 Å². The van der Waals surface area contributed by atoms with Crippen LogP contribution in [0.5, 0.6) is 0 Å². The predicted molar refractivity (Wildman–Crippen MR) is 73.2 cm³/mol. The van der Waals surface area contributed by atoms with E-state index in [1.54, 1.807) is 11.3 Å². The fourth-order valence-corrected chi connectivity index (χ4v) is 3.87. The van der Waals surface area contributed by atoms with E-state index in [0.717, 1.165) is 16.6 Å². The van der Waals surface area contributed by atoms with Crippen LogP contribution in [0.25, 0.3) is 10.2 Å². The van der Waals surface area contributed by atoms with Gasteiger partial charge in [0.05, 0.1) is 5.39 Å². The lowest BCUT2D eigenvalue weighted by molar-refractivity contribution is 0.878. The molecule has 1 aliphatic carbocycles. The maximum atomic E-state index is 6.29. The molecule has 0 unspecified atom stereocenters. The Morgan fingerprint density at radius 2 is 2.12 bits per heavy atom. The molecule has 0 saturated heterocycles. The van der Waals surface area contributed by atoms with E-state index in [9.17, 15) is 0 Å². The van der Waals surface area contributed by atoms with E-state index in [1.807, 2.05) is 0 Å². The summed E-state index contributed by atoms with van der Waals surface area (Å²) in [6.45, 7) is 4.13. The van der Waals surface area contributed by atoms with Gasteiger partial charge in [-0.05, 0) is 38.7 Å². The molecule has 3 nitrogen and oxygen atoms in total. The van der Waals surface area contributed by atoms with Crippen molar-refractivity contribution >= 4 is 39.1 Å². The molecule has 17 heavy (non-hydrogen) atoms. The molecule has 0 fully saturated rings. The van der Waals surface area contributed by atoms with Crippen molar-refractivity contribution in [3.63, 3.8) is 0 Å². The molecule has 2 aromatic heterocycles. The van der Waals surface area contributed by atoms with Crippen LogP contribution in [0.1, 0.15) is 30.7 Å². The number of aryl methyl sites for hydroxylation is 2. The Morgan fingerprint density at radius 3 is 2.88 bits per heavy atom. The van der Waals surface area contributed by atoms with Crippen molar-refractivity contribution < 1.29 is 0 Å². The van der Waals surface area contributed by atoms with Crippen LogP contribution in [0.3, 0.4) is 0 Å². The van der Waals surface area contributed by atoms with Gasteiger partial charge in [-0.2, -0.15) is 0 Å². The first-order valence-corrected chi connectivity index (χ1v) is 7.09. The van der Waals surface area contributed by atoms with Crippen LogP contribution in [0.2, 0.25) is 5.15 Å². The lowest BCUT2D eigenvalue weighted by Crippen LogP contribution is -2.12. The second-order valence-electron chi connectivity index (χ2n) is 4.67. The summed E-state index contributed by atoms with van der Waals surface area (Å²) in [6.07, 6.45) is 3.52. The number of hydrogen-bond acceptors (Lipinski definition) is 4. The third kappa shape index (κ3) is 1.89. The Balaban J connectivity index is 2.15. The van der Waals surface area contributed by atoms with E-state index in [0.29, 0.717) is 17.1 Å². The first kappa shape index (κ1) is 11.2. The maximum absolute atomic E-state index is 6.29. The number of rotatable bonds is 2. The van der Waals surface area contributed by atoms with Crippen molar-refractivity contribution in [2.45, 2.75) is 39.2 Å². The summed E-state index contributed by atoms with van der Waals surface area (Å²) < 4.78 is 0. The second-order valence-corrected chi connectivity index (χ2v) is 6.12. The fourth-order valence-electron chi connectivity index (χ4n) is 2.27. The number of nitrogens with one attached hydrogen (secondary N) is 1. The summed E-state index contributed by atoms with van der Waals surface area (Å²) in [6, 6.07) is 0.315. The van der Waals surface area contributed by atoms with Gasteiger partial charge in [-0.3, -0.25) is 0 Å². The Kier molecular flexibility index (Phi) is 2.71. The molecule has 0 spiro atoms. The highest BCUT2D eigenvalue weighted by Crippen LogP contribution is 2.39. The normalized spacial score (nSPS) is 14.6. The number of fused-ring (bicyclic) bond motifs is 3. The largest absolute Gasteiger partial charge is 0.352 e. The highest BCUT2D eigenvalue weighted by Gasteiger charge is 2.21. The minimum Gasteiger partial charge on any atom is -0.352 e. The zero-order valence-corrected chi connectivity index (χ0v) is 11.5. The summed E-state index contributed by atoms with van der Waals surface area (Å²) in [5, 5.41) is 4.88. The molecule has 2 heterocycles. The van der Waals surface area contributed by atoms with E-state index in [2.05, 4.69) is 29.1 Å². The first-order chi connectivity index (χ1) is 8.15. The van der Waals surface area contributed by atoms with E-state index in [1.165, 1.54) is 23.3 Å². The highest BCUT2D eigenvalue weighted by molar-refractivity contribution is 7.19. The molecule has 2 aromatic rings. The summed E-state index contributed by atoms with van der Waals surface area (Å²) in [5.41, 5.74) is 1.38. The Morgan fingerprint density at radius 1 is 1.29 bits per heavy atom. The van der Waals surface area contributed by atoms with Gasteiger partial charge in [-0.15, -0.1) is 11.3 Å². The standard InChI is InChI=1S/C12H14ClN3S/c1-6(2)14-12-15-10(13)9-7-4-3-5-8(7)17-11(9)16-12/h6H,3-5H2,1-2H3,(H,14,15,16). The zero-order chi connectivity index (χ0) is 12.0. The molecule has 0 radical (unpaired) electrons. The van der Waals surface area contributed by atoms with Crippen molar-refractivity contribution in [3.8, 4) is 0 Å². The summed E-state index contributed by atoms with van der Waals surface area (Å²) in [7, 11) is 0. The molecule has 0 aliphatic heterocycles. The van der Waals surface area contributed by atoms with Crippen LogP contribution in [0.4, 0.5) is 5.95 Å². The smallest absolute Gasteiger partial charge is 0.225 e. The number of halogens is 1. The van der Waals surface area contributed by atoms with E-state index in [-0.39, 0.29) is 0 Å². The number of nitrogens with zero attached hydrogens (tertiary/aromatic N) is 2. The van der Waals surface area contributed by atoms with Gasteiger partial charge in [0, 0.05) is 10.9 Å². The third-order valence-corrected chi connectivity index (χ3v) is 4.40. The van der Waals surface area contributed by atoms with Crippen LogP contribution < -0.4 is 5.32 Å². The number of anilines is 1. The Bertz CT molecular complexity index is 577. The molecule has 0 atom stereocenters. The lowest BCUT2D eigenvalue weighted by atomic mass is 10.2. The molecule has 0 aromatic carbocycles. The Labute approximate surface area is 109 Å². The SMILES string of the molecule is CC(C)Nc1nc(Cl)c2c3c(sc2n1)CCC3. The molecule has 5 heteroatoms. The van der Waals surface area contributed by atoms with Gasteiger partial charge < -0.3 is 5.32 Å². The zero-order valence-electron chi connectivity index (χ0n) is 9.88. The number of thiophene rings is 1. The molecule has 90 valence electrons. The Hall–Kier alpha value is -0.870. The van der Waals surface area contributed by atoms with Crippen molar-refractivity contribution in [1.82, 2.24) is 9.97 Å². The lowest BCUT2D eigenvalue weighted by Gasteiger charge is -2.08. The molecule has 0 saturated carbocycles. The van der Waals surface area contributed by atoms with Crippen LogP contribution >= 0.6 is 22.9 Å². The molecule has 0 amide bonds. The van der Waals surface area contributed by atoms with Crippen LogP contribution in [0.15, 0.2) is 0 Å². The highest BCUT2D eigenvalue weighted by atomic mass is 35.5. The van der Waals surface area contributed by atoms with Gasteiger partial charge in [0.15, 0.2) is 0 Å². The van der Waals surface area contributed by atoms with Gasteiger partial charge >= 0.3 is 0 Å². The maximum Gasteiger partial charge on any atom is 0.225 e. The summed E-state index contributed by atoms with van der Waals surface area (Å²) >= 11 is 8.05. The van der Waals surface area contributed by atoms with Crippen LogP contribution in [-0.2, 0) is 12.8 Å². The molecule has 1 aliphatic rings. The molecule has 0 bridgehead atoms. The molecular weight excluding hydrogens is 254 g/mol. The third-order valence-electron chi connectivity index (χ3n) is 2.94. The average Bonchev–Trinajstić information content (AvgIpc) is 2.74. The molecule has 3 rings (SSSR count). The second kappa shape index (κ2) is 4.10. The van der Waals surface area contributed by atoms with Crippen molar-refractivity contribution in [3.05, 3.63) is 15.6 Å². The molecule has 1 N–H and O–H groups in total. The van der Waals surface area contributed by atoms with Gasteiger partial charge in [0.1, 0.15) is 9.98 Å². The van der Waals surface area contributed by atoms with Gasteiger partial charge in [0.2, 0.25) is 5.95 Å². The summed E-state index contributed by atoms with van der Waals surface area (Å²) in [4.78, 5) is 11.4. The molecular formula is C12H14ClN3S. The number of hydrogen-bond donors (Lipinski definition) is 1. The van der Waals surface area contributed by atoms with Crippen LogP contribution in [0, 0.1) is 0 Å². The van der Waals surface area contributed by atoms with Gasteiger partial charge in [0.25, 0.3) is 0 Å². The van der Waals surface area contributed by atoms with Crippen molar-refractivity contribution in [1.29, 1.82) is 0 Å².